The lowest BCUT2D eigenvalue weighted by Gasteiger charge is -2.06. The molecule has 24 heavy (non-hydrogen) atoms. The number of aromatic nitrogens is 1. The van der Waals surface area contributed by atoms with Gasteiger partial charge >= 0.3 is 0 Å². The Labute approximate surface area is 144 Å². The molecule has 0 aliphatic carbocycles. The van der Waals surface area contributed by atoms with E-state index in [9.17, 15) is 4.79 Å². The Hall–Kier alpha value is -2.10. The molecular formula is C20H28N2O2. The second-order valence-corrected chi connectivity index (χ2v) is 7.11. The number of nitrogens with zero attached hydrogens (tertiary/aromatic N) is 1. The zero-order valence-electron chi connectivity index (χ0n) is 15.1. The number of oxazole rings is 1. The second-order valence-electron chi connectivity index (χ2n) is 7.11. The first-order valence-corrected chi connectivity index (χ1v) is 8.74. The largest absolute Gasteiger partial charge is 0.441 e. The summed E-state index contributed by atoms with van der Waals surface area (Å²) in [4.78, 5) is 16.0. The molecule has 0 bridgehead atoms. The van der Waals surface area contributed by atoms with Crippen molar-refractivity contribution in [2.45, 2.75) is 47.0 Å². The minimum atomic E-state index is 0.0430. The summed E-state index contributed by atoms with van der Waals surface area (Å²) < 4.78 is 5.78. The van der Waals surface area contributed by atoms with E-state index >= 15 is 0 Å². The zero-order chi connectivity index (χ0) is 17.5. The zero-order valence-corrected chi connectivity index (χ0v) is 15.1. The van der Waals surface area contributed by atoms with Gasteiger partial charge in [-0.25, -0.2) is 4.98 Å². The first-order chi connectivity index (χ1) is 11.4. The number of hydrogen-bond acceptors (Lipinski definition) is 3. The molecule has 1 heterocycles. The van der Waals surface area contributed by atoms with Crippen molar-refractivity contribution in [3.63, 3.8) is 0 Å². The predicted octanol–water partition coefficient (Wildman–Crippen LogP) is 4.24. The molecule has 0 spiro atoms. The van der Waals surface area contributed by atoms with E-state index in [0.29, 0.717) is 37.1 Å². The molecule has 0 saturated carbocycles. The highest BCUT2D eigenvalue weighted by Gasteiger charge is 2.09. The van der Waals surface area contributed by atoms with Crippen molar-refractivity contribution in [1.29, 1.82) is 0 Å². The molecule has 0 radical (unpaired) electrons. The predicted molar refractivity (Wildman–Crippen MR) is 96.6 cm³/mol. The Bertz CT molecular complexity index is 642. The third-order valence-electron chi connectivity index (χ3n) is 3.71. The Morgan fingerprint density at radius 3 is 2.46 bits per heavy atom. The van der Waals surface area contributed by atoms with Crippen LogP contribution in [0.5, 0.6) is 0 Å². The van der Waals surface area contributed by atoms with Gasteiger partial charge in [0.2, 0.25) is 5.91 Å². The van der Waals surface area contributed by atoms with Crippen molar-refractivity contribution in [3.8, 4) is 11.3 Å². The van der Waals surface area contributed by atoms with Crippen LogP contribution in [0, 0.1) is 11.8 Å². The van der Waals surface area contributed by atoms with E-state index in [1.165, 1.54) is 5.56 Å². The smallest absolute Gasteiger partial charge is 0.220 e. The van der Waals surface area contributed by atoms with Gasteiger partial charge in [0.15, 0.2) is 11.7 Å². The van der Waals surface area contributed by atoms with Gasteiger partial charge in [-0.05, 0) is 23.8 Å². The fourth-order valence-electron chi connectivity index (χ4n) is 2.46. The summed E-state index contributed by atoms with van der Waals surface area (Å²) in [5, 5.41) is 2.90. The van der Waals surface area contributed by atoms with Crippen molar-refractivity contribution >= 4 is 5.91 Å². The van der Waals surface area contributed by atoms with E-state index in [1.807, 2.05) is 0 Å². The van der Waals surface area contributed by atoms with Gasteiger partial charge in [0.1, 0.15) is 0 Å². The van der Waals surface area contributed by atoms with Crippen molar-refractivity contribution in [3.05, 3.63) is 41.9 Å². The third kappa shape index (κ3) is 5.84. The molecule has 1 N–H and O–H groups in total. The number of amides is 1. The molecule has 0 fully saturated rings. The average Bonchev–Trinajstić information content (AvgIpc) is 3.00. The van der Waals surface area contributed by atoms with Gasteiger partial charge in [-0.15, -0.1) is 0 Å². The van der Waals surface area contributed by atoms with E-state index in [-0.39, 0.29) is 5.91 Å². The van der Waals surface area contributed by atoms with Crippen LogP contribution in [0.3, 0.4) is 0 Å². The molecule has 0 atom stereocenters. The molecule has 1 amide bonds. The van der Waals surface area contributed by atoms with Crippen LogP contribution < -0.4 is 5.32 Å². The topological polar surface area (TPSA) is 55.1 Å². The summed E-state index contributed by atoms with van der Waals surface area (Å²) in [5.41, 5.74) is 2.35. The van der Waals surface area contributed by atoms with Crippen LogP contribution in [-0.2, 0) is 17.6 Å². The highest BCUT2D eigenvalue weighted by atomic mass is 16.4. The van der Waals surface area contributed by atoms with E-state index in [1.54, 1.807) is 6.20 Å². The summed E-state index contributed by atoms with van der Waals surface area (Å²) in [6, 6.07) is 8.41. The van der Waals surface area contributed by atoms with Crippen molar-refractivity contribution in [2.75, 3.05) is 6.54 Å². The van der Waals surface area contributed by atoms with Crippen LogP contribution in [-0.4, -0.2) is 17.4 Å². The molecule has 2 aromatic rings. The quantitative estimate of drug-likeness (QED) is 0.788. The van der Waals surface area contributed by atoms with Crippen LogP contribution >= 0.6 is 0 Å². The number of hydrogen-bond donors (Lipinski definition) is 1. The van der Waals surface area contributed by atoms with Gasteiger partial charge in [-0.2, -0.15) is 0 Å². The maximum Gasteiger partial charge on any atom is 0.220 e. The van der Waals surface area contributed by atoms with E-state index in [4.69, 9.17) is 4.42 Å². The summed E-state index contributed by atoms with van der Waals surface area (Å²) in [7, 11) is 0. The van der Waals surface area contributed by atoms with Gasteiger partial charge in [0.05, 0.1) is 6.20 Å². The number of rotatable bonds is 8. The summed E-state index contributed by atoms with van der Waals surface area (Å²) in [6.07, 6.45) is 3.74. The highest BCUT2D eigenvalue weighted by molar-refractivity contribution is 5.76. The average molecular weight is 328 g/mol. The number of nitrogens with one attached hydrogen (secondary N) is 1. The summed E-state index contributed by atoms with van der Waals surface area (Å²) >= 11 is 0. The number of aryl methyl sites for hydroxylation is 1. The minimum absolute atomic E-state index is 0.0430. The fourth-order valence-corrected chi connectivity index (χ4v) is 2.46. The van der Waals surface area contributed by atoms with Gasteiger partial charge in [0.25, 0.3) is 0 Å². The first kappa shape index (κ1) is 18.2. The standard InChI is InChI=1S/C20H28N2O2/c1-14(2)11-16-5-7-17(8-6-16)18-13-22-20(24-18)10-9-19(23)21-12-15(3)4/h5-8,13-15H,9-12H2,1-4H3,(H,21,23). The molecule has 1 aromatic carbocycles. The van der Waals surface area contributed by atoms with Crippen molar-refractivity contribution < 1.29 is 9.21 Å². The van der Waals surface area contributed by atoms with Crippen LogP contribution in [0.15, 0.2) is 34.9 Å². The van der Waals surface area contributed by atoms with Crippen LogP contribution in [0.25, 0.3) is 11.3 Å². The van der Waals surface area contributed by atoms with E-state index in [2.05, 4.69) is 62.3 Å². The van der Waals surface area contributed by atoms with Crippen LogP contribution in [0.1, 0.15) is 45.6 Å². The van der Waals surface area contributed by atoms with Gasteiger partial charge in [-0.3, -0.25) is 4.79 Å². The maximum absolute atomic E-state index is 11.7. The van der Waals surface area contributed by atoms with Gasteiger partial charge in [-0.1, -0.05) is 52.0 Å². The minimum Gasteiger partial charge on any atom is -0.441 e. The highest BCUT2D eigenvalue weighted by Crippen LogP contribution is 2.22. The normalized spacial score (nSPS) is 11.2. The van der Waals surface area contributed by atoms with E-state index < -0.39 is 0 Å². The monoisotopic (exact) mass is 328 g/mol. The molecule has 0 saturated heterocycles. The van der Waals surface area contributed by atoms with Crippen molar-refractivity contribution in [1.82, 2.24) is 10.3 Å². The Morgan fingerprint density at radius 2 is 1.83 bits per heavy atom. The number of benzene rings is 1. The van der Waals surface area contributed by atoms with Crippen LogP contribution in [0.2, 0.25) is 0 Å². The number of carbonyl (C=O) groups excluding carboxylic acids is 1. The number of carbonyl (C=O) groups is 1. The Balaban J connectivity index is 1.89. The van der Waals surface area contributed by atoms with E-state index in [0.717, 1.165) is 17.7 Å². The lowest BCUT2D eigenvalue weighted by Crippen LogP contribution is -2.27. The summed E-state index contributed by atoms with van der Waals surface area (Å²) in [6.45, 7) is 9.29. The molecule has 0 unspecified atom stereocenters. The lowest BCUT2D eigenvalue weighted by atomic mass is 10.0. The molecular weight excluding hydrogens is 300 g/mol. The third-order valence-corrected chi connectivity index (χ3v) is 3.71. The lowest BCUT2D eigenvalue weighted by molar-refractivity contribution is -0.121. The molecule has 4 heteroatoms. The van der Waals surface area contributed by atoms with Gasteiger partial charge in [0, 0.05) is 24.9 Å². The fraction of sp³-hybridized carbons (Fsp3) is 0.500. The molecule has 130 valence electrons. The van der Waals surface area contributed by atoms with Crippen molar-refractivity contribution in [2.24, 2.45) is 11.8 Å². The molecule has 4 nitrogen and oxygen atoms in total. The summed E-state index contributed by atoms with van der Waals surface area (Å²) in [5.74, 6) is 2.51. The second kappa shape index (κ2) is 8.67. The first-order valence-electron chi connectivity index (χ1n) is 8.74. The molecule has 2 rings (SSSR count). The SMILES string of the molecule is CC(C)CNC(=O)CCc1ncc(-c2ccc(CC(C)C)cc2)o1. The molecule has 0 aliphatic heterocycles. The van der Waals surface area contributed by atoms with Gasteiger partial charge < -0.3 is 9.73 Å². The molecule has 0 aliphatic rings. The van der Waals surface area contributed by atoms with Crippen LogP contribution in [0.4, 0.5) is 0 Å². The maximum atomic E-state index is 11.7. The Kier molecular flexibility index (Phi) is 6.59. The molecule has 1 aromatic heterocycles. The Morgan fingerprint density at radius 1 is 1.12 bits per heavy atom.